The largest absolute Gasteiger partial charge is 0.295 e. The van der Waals surface area contributed by atoms with Crippen molar-refractivity contribution in [2.24, 2.45) is 0 Å². The van der Waals surface area contributed by atoms with E-state index in [4.69, 9.17) is 11.6 Å². The molecule has 18 heavy (non-hydrogen) atoms. The van der Waals surface area contributed by atoms with Crippen molar-refractivity contribution in [2.75, 3.05) is 11.9 Å². The number of halogens is 3. The van der Waals surface area contributed by atoms with Gasteiger partial charge in [0.2, 0.25) is 0 Å². The van der Waals surface area contributed by atoms with E-state index in [-0.39, 0.29) is 10.8 Å². The van der Waals surface area contributed by atoms with Crippen molar-refractivity contribution in [3.8, 4) is 0 Å². The van der Waals surface area contributed by atoms with Crippen LogP contribution in [0.2, 0.25) is 5.02 Å². The van der Waals surface area contributed by atoms with Gasteiger partial charge in [-0.1, -0.05) is 52.5 Å². The normalized spacial score (nSPS) is 16.7. The molecule has 0 heterocycles. The van der Waals surface area contributed by atoms with Gasteiger partial charge in [0.25, 0.3) is 0 Å². The van der Waals surface area contributed by atoms with Gasteiger partial charge in [-0.25, -0.2) is 4.39 Å². The average molecular weight is 335 g/mol. The Kier molecular flexibility index (Phi) is 5.46. The molecule has 0 N–H and O–H groups in total. The second kappa shape index (κ2) is 6.88. The van der Waals surface area contributed by atoms with Crippen molar-refractivity contribution in [3.63, 3.8) is 0 Å². The van der Waals surface area contributed by atoms with Crippen LogP contribution < -0.4 is 0 Å². The van der Waals surface area contributed by atoms with Crippen LogP contribution in [0.4, 0.5) is 4.39 Å². The first kappa shape index (κ1) is 14.3. The van der Waals surface area contributed by atoms with Gasteiger partial charge in [0, 0.05) is 24.5 Å². The second-order valence-corrected chi connectivity index (χ2v) is 5.98. The van der Waals surface area contributed by atoms with Crippen LogP contribution >= 0.6 is 27.5 Å². The Bertz CT molecular complexity index is 393. The van der Waals surface area contributed by atoms with Gasteiger partial charge in [-0.15, -0.1) is 0 Å². The minimum atomic E-state index is -0.320. The molecule has 0 spiro atoms. The summed E-state index contributed by atoms with van der Waals surface area (Å²) in [6.07, 6.45) is 5.11. The molecule has 0 saturated heterocycles. The number of rotatable bonds is 5. The van der Waals surface area contributed by atoms with Crippen LogP contribution in [0.1, 0.15) is 31.2 Å². The summed E-state index contributed by atoms with van der Waals surface area (Å²) in [7, 11) is 0. The van der Waals surface area contributed by atoms with E-state index in [2.05, 4.69) is 20.8 Å². The number of benzene rings is 1. The Morgan fingerprint density at radius 3 is 2.72 bits per heavy atom. The Labute approximate surface area is 121 Å². The van der Waals surface area contributed by atoms with E-state index in [1.807, 2.05) is 6.07 Å². The van der Waals surface area contributed by atoms with E-state index in [1.54, 1.807) is 6.07 Å². The van der Waals surface area contributed by atoms with Crippen molar-refractivity contribution in [3.05, 3.63) is 34.6 Å². The molecule has 1 nitrogen and oxygen atoms in total. The van der Waals surface area contributed by atoms with E-state index in [9.17, 15) is 4.39 Å². The van der Waals surface area contributed by atoms with E-state index < -0.39 is 0 Å². The molecular formula is C14H18BrClFN. The Balaban J connectivity index is 2.10. The fourth-order valence-electron chi connectivity index (χ4n) is 2.66. The Morgan fingerprint density at radius 1 is 1.33 bits per heavy atom. The maximum absolute atomic E-state index is 13.4. The number of alkyl halides is 1. The van der Waals surface area contributed by atoms with Gasteiger partial charge in [0.1, 0.15) is 5.82 Å². The van der Waals surface area contributed by atoms with Gasteiger partial charge >= 0.3 is 0 Å². The van der Waals surface area contributed by atoms with E-state index in [0.29, 0.717) is 6.04 Å². The fraction of sp³-hybridized carbons (Fsp3) is 0.571. The van der Waals surface area contributed by atoms with E-state index >= 15 is 0 Å². The molecule has 1 aromatic carbocycles. The molecule has 0 radical (unpaired) electrons. The van der Waals surface area contributed by atoms with Gasteiger partial charge in [0.05, 0.1) is 5.02 Å². The smallest absolute Gasteiger partial charge is 0.142 e. The van der Waals surface area contributed by atoms with Crippen molar-refractivity contribution >= 4 is 27.5 Å². The molecule has 1 aliphatic carbocycles. The molecule has 0 atom stereocenters. The lowest BCUT2D eigenvalue weighted by molar-refractivity contribution is 0.202. The second-order valence-electron chi connectivity index (χ2n) is 4.81. The van der Waals surface area contributed by atoms with Gasteiger partial charge in [-0.3, -0.25) is 4.90 Å². The highest BCUT2D eigenvalue weighted by Crippen LogP contribution is 2.27. The minimum Gasteiger partial charge on any atom is -0.295 e. The van der Waals surface area contributed by atoms with Crippen LogP contribution in [-0.4, -0.2) is 22.8 Å². The SMILES string of the molecule is Fc1cccc(CN(CCBr)C2CCCC2)c1Cl. The molecule has 100 valence electrons. The van der Waals surface area contributed by atoms with Crippen molar-refractivity contribution in [1.29, 1.82) is 0 Å². The summed E-state index contributed by atoms with van der Waals surface area (Å²) < 4.78 is 13.4. The van der Waals surface area contributed by atoms with Crippen molar-refractivity contribution < 1.29 is 4.39 Å². The minimum absolute atomic E-state index is 0.273. The van der Waals surface area contributed by atoms with Crippen LogP contribution in [-0.2, 0) is 6.54 Å². The predicted molar refractivity (Wildman–Crippen MR) is 77.9 cm³/mol. The van der Waals surface area contributed by atoms with Crippen LogP contribution in [0.5, 0.6) is 0 Å². The Hall–Kier alpha value is -0.120. The van der Waals surface area contributed by atoms with Crippen LogP contribution in [0, 0.1) is 5.82 Å². The third-order valence-electron chi connectivity index (χ3n) is 3.62. The topological polar surface area (TPSA) is 3.24 Å². The van der Waals surface area contributed by atoms with Gasteiger partial charge < -0.3 is 0 Å². The molecule has 1 fully saturated rings. The highest BCUT2D eigenvalue weighted by atomic mass is 79.9. The highest BCUT2D eigenvalue weighted by molar-refractivity contribution is 9.09. The summed E-state index contributed by atoms with van der Waals surface area (Å²) in [5, 5.41) is 1.21. The molecule has 0 bridgehead atoms. The van der Waals surface area contributed by atoms with Gasteiger partial charge in [-0.2, -0.15) is 0 Å². The highest BCUT2D eigenvalue weighted by Gasteiger charge is 2.23. The zero-order valence-electron chi connectivity index (χ0n) is 10.3. The number of nitrogens with zero attached hydrogens (tertiary/aromatic N) is 1. The molecule has 1 aliphatic rings. The summed E-state index contributed by atoms with van der Waals surface area (Å²) >= 11 is 9.53. The summed E-state index contributed by atoms with van der Waals surface area (Å²) in [6, 6.07) is 5.69. The number of hydrogen-bond donors (Lipinski definition) is 0. The summed E-state index contributed by atoms with van der Waals surface area (Å²) in [4.78, 5) is 2.42. The molecule has 1 saturated carbocycles. The first-order valence-corrected chi connectivity index (χ1v) is 7.95. The first-order chi connectivity index (χ1) is 8.72. The molecule has 0 aromatic heterocycles. The lowest BCUT2D eigenvalue weighted by Crippen LogP contribution is -2.34. The van der Waals surface area contributed by atoms with Crippen LogP contribution in [0.3, 0.4) is 0 Å². The van der Waals surface area contributed by atoms with Gasteiger partial charge in [-0.05, 0) is 24.5 Å². The Morgan fingerprint density at radius 2 is 2.06 bits per heavy atom. The van der Waals surface area contributed by atoms with Crippen molar-refractivity contribution in [2.45, 2.75) is 38.3 Å². The molecule has 4 heteroatoms. The zero-order chi connectivity index (χ0) is 13.0. The maximum Gasteiger partial charge on any atom is 0.142 e. The molecule has 0 aliphatic heterocycles. The van der Waals surface area contributed by atoms with Crippen LogP contribution in [0.15, 0.2) is 18.2 Å². The fourth-order valence-corrected chi connectivity index (χ4v) is 3.30. The van der Waals surface area contributed by atoms with Crippen molar-refractivity contribution in [1.82, 2.24) is 4.90 Å². The predicted octanol–water partition coefficient (Wildman–Crippen LogP) is 4.62. The van der Waals surface area contributed by atoms with E-state index in [1.165, 1.54) is 31.7 Å². The lowest BCUT2D eigenvalue weighted by Gasteiger charge is -2.28. The lowest BCUT2D eigenvalue weighted by atomic mass is 10.1. The monoisotopic (exact) mass is 333 g/mol. The summed E-state index contributed by atoms with van der Waals surface area (Å²) in [6.45, 7) is 1.73. The van der Waals surface area contributed by atoms with Crippen LogP contribution in [0.25, 0.3) is 0 Å². The molecule has 2 rings (SSSR count). The number of hydrogen-bond acceptors (Lipinski definition) is 1. The molecular weight excluding hydrogens is 317 g/mol. The maximum atomic E-state index is 13.4. The zero-order valence-corrected chi connectivity index (χ0v) is 12.7. The molecule has 1 aromatic rings. The third-order valence-corrected chi connectivity index (χ3v) is 4.40. The first-order valence-electron chi connectivity index (χ1n) is 6.45. The summed E-state index contributed by atoms with van der Waals surface area (Å²) in [5.41, 5.74) is 0.893. The summed E-state index contributed by atoms with van der Waals surface area (Å²) in [5.74, 6) is -0.320. The van der Waals surface area contributed by atoms with Gasteiger partial charge in [0.15, 0.2) is 0 Å². The quantitative estimate of drug-likeness (QED) is 0.710. The molecule has 0 amide bonds. The molecule has 0 unspecified atom stereocenters. The third kappa shape index (κ3) is 3.46. The van der Waals surface area contributed by atoms with E-state index in [0.717, 1.165) is 24.0 Å². The standard InChI is InChI=1S/C14H18BrClFN/c15-8-9-18(12-5-1-2-6-12)10-11-4-3-7-13(17)14(11)16/h3-4,7,12H,1-2,5-6,8-10H2. The average Bonchev–Trinajstić information content (AvgIpc) is 2.88.